The Morgan fingerprint density at radius 3 is 2.62 bits per heavy atom. The first-order valence-electron chi connectivity index (χ1n) is 8.29. The molecule has 0 amide bonds. The maximum Gasteiger partial charge on any atom is 0.239 e. The van der Waals surface area contributed by atoms with Gasteiger partial charge in [0, 0.05) is 6.04 Å². The van der Waals surface area contributed by atoms with Crippen LogP contribution < -0.4 is 15.8 Å². The van der Waals surface area contributed by atoms with Crippen LogP contribution >= 0.6 is 0 Å². The van der Waals surface area contributed by atoms with Gasteiger partial charge in [-0.05, 0) is 51.2 Å². The summed E-state index contributed by atoms with van der Waals surface area (Å²) >= 11 is 0. The van der Waals surface area contributed by atoms with Crippen LogP contribution in [0.4, 0.5) is 11.5 Å². The van der Waals surface area contributed by atoms with E-state index in [0.29, 0.717) is 17.6 Å². The molecule has 0 saturated heterocycles. The number of rotatable bonds is 6. The summed E-state index contributed by atoms with van der Waals surface area (Å²) in [7, 11) is 0. The van der Waals surface area contributed by atoms with Crippen molar-refractivity contribution in [2.45, 2.75) is 71.4 Å². The fourth-order valence-electron chi connectivity index (χ4n) is 3.13. The van der Waals surface area contributed by atoms with Gasteiger partial charge in [0.15, 0.2) is 0 Å². The zero-order chi connectivity index (χ0) is 15.2. The molecule has 1 saturated carbocycles. The Hall–Kier alpha value is -1.45. The smallest absolute Gasteiger partial charge is 0.239 e. The molecule has 1 aliphatic rings. The third-order valence-electron chi connectivity index (χ3n) is 4.23. The van der Waals surface area contributed by atoms with E-state index in [9.17, 15) is 0 Å². The monoisotopic (exact) mass is 291 g/mol. The maximum atomic E-state index is 5.93. The standard InChI is InChI=1S/C17H29N3O/c1-4-15(13-8-6-5-7-9-13)19-16-11-10-14(18)17(20-16)21-12(2)3/h10-13,15H,4-9,18H2,1-3H3,(H,19,20). The predicted octanol–water partition coefficient (Wildman–Crippen LogP) is 4.22. The van der Waals surface area contributed by atoms with Crippen LogP contribution in [0.3, 0.4) is 0 Å². The molecule has 0 radical (unpaired) electrons. The van der Waals surface area contributed by atoms with Gasteiger partial charge in [0.1, 0.15) is 5.82 Å². The van der Waals surface area contributed by atoms with Gasteiger partial charge in [0.25, 0.3) is 0 Å². The van der Waals surface area contributed by atoms with Crippen molar-refractivity contribution in [2.75, 3.05) is 11.1 Å². The molecule has 1 aromatic heterocycles. The van der Waals surface area contributed by atoms with Crippen LogP contribution in [0, 0.1) is 5.92 Å². The summed E-state index contributed by atoms with van der Waals surface area (Å²) in [5, 5.41) is 3.59. The Labute approximate surface area is 128 Å². The largest absolute Gasteiger partial charge is 0.473 e. The van der Waals surface area contributed by atoms with E-state index in [4.69, 9.17) is 10.5 Å². The molecule has 3 N–H and O–H groups in total. The van der Waals surface area contributed by atoms with Crippen LogP contribution in [0.5, 0.6) is 5.88 Å². The second-order valence-corrected chi connectivity index (χ2v) is 6.31. The molecule has 1 unspecified atom stereocenters. The number of ether oxygens (including phenoxy) is 1. The van der Waals surface area contributed by atoms with E-state index >= 15 is 0 Å². The van der Waals surface area contributed by atoms with E-state index < -0.39 is 0 Å². The summed E-state index contributed by atoms with van der Waals surface area (Å²) < 4.78 is 5.67. The predicted molar refractivity (Wildman–Crippen MR) is 88.7 cm³/mol. The normalized spacial score (nSPS) is 17.7. The summed E-state index contributed by atoms with van der Waals surface area (Å²) in [6, 6.07) is 4.32. The van der Waals surface area contributed by atoms with E-state index in [-0.39, 0.29) is 6.10 Å². The minimum Gasteiger partial charge on any atom is -0.473 e. The zero-order valence-corrected chi connectivity index (χ0v) is 13.6. The maximum absolute atomic E-state index is 5.93. The first-order chi connectivity index (χ1) is 10.1. The summed E-state index contributed by atoms with van der Waals surface area (Å²) in [6.45, 7) is 6.21. The molecule has 1 aliphatic carbocycles. The van der Waals surface area contributed by atoms with Gasteiger partial charge in [0.2, 0.25) is 5.88 Å². The van der Waals surface area contributed by atoms with Gasteiger partial charge in [-0.25, -0.2) is 0 Å². The molecule has 1 aromatic rings. The molecule has 1 fully saturated rings. The van der Waals surface area contributed by atoms with Crippen LogP contribution in [-0.2, 0) is 0 Å². The number of nitrogens with zero attached hydrogens (tertiary/aromatic N) is 1. The average molecular weight is 291 g/mol. The third-order valence-corrected chi connectivity index (χ3v) is 4.23. The molecule has 21 heavy (non-hydrogen) atoms. The lowest BCUT2D eigenvalue weighted by Crippen LogP contribution is -2.30. The fraction of sp³-hybridized carbons (Fsp3) is 0.706. The van der Waals surface area contributed by atoms with Gasteiger partial charge in [-0.3, -0.25) is 0 Å². The van der Waals surface area contributed by atoms with Crippen LogP contribution in [0.15, 0.2) is 12.1 Å². The van der Waals surface area contributed by atoms with Crippen molar-refractivity contribution in [3.8, 4) is 5.88 Å². The molecule has 2 rings (SSSR count). The first-order valence-corrected chi connectivity index (χ1v) is 8.29. The van der Waals surface area contributed by atoms with Gasteiger partial charge in [-0.2, -0.15) is 4.98 Å². The lowest BCUT2D eigenvalue weighted by molar-refractivity contribution is 0.234. The molecule has 0 aromatic carbocycles. The molecule has 0 spiro atoms. The number of nitrogens with two attached hydrogens (primary N) is 1. The topological polar surface area (TPSA) is 60.2 Å². The minimum absolute atomic E-state index is 0.0790. The Bertz CT molecular complexity index is 442. The van der Waals surface area contributed by atoms with Gasteiger partial charge < -0.3 is 15.8 Å². The number of pyridine rings is 1. The van der Waals surface area contributed by atoms with Crippen LogP contribution in [0.2, 0.25) is 0 Å². The number of aromatic nitrogens is 1. The molecule has 0 aliphatic heterocycles. The van der Waals surface area contributed by atoms with Crippen molar-refractivity contribution in [3.05, 3.63) is 12.1 Å². The van der Waals surface area contributed by atoms with Crippen molar-refractivity contribution in [1.82, 2.24) is 4.98 Å². The molecule has 1 heterocycles. The van der Waals surface area contributed by atoms with Crippen molar-refractivity contribution in [1.29, 1.82) is 0 Å². The highest BCUT2D eigenvalue weighted by Crippen LogP contribution is 2.30. The number of nitrogen functional groups attached to an aromatic ring is 1. The summed E-state index contributed by atoms with van der Waals surface area (Å²) in [6.07, 6.45) is 7.97. The summed E-state index contributed by atoms with van der Waals surface area (Å²) in [5.74, 6) is 2.17. The minimum atomic E-state index is 0.0790. The summed E-state index contributed by atoms with van der Waals surface area (Å²) in [5.41, 5.74) is 6.53. The fourth-order valence-corrected chi connectivity index (χ4v) is 3.13. The van der Waals surface area contributed by atoms with E-state index in [1.807, 2.05) is 26.0 Å². The van der Waals surface area contributed by atoms with Crippen molar-refractivity contribution < 1.29 is 4.74 Å². The van der Waals surface area contributed by atoms with Gasteiger partial charge in [0.05, 0.1) is 11.8 Å². The Balaban J connectivity index is 2.06. The van der Waals surface area contributed by atoms with Crippen molar-refractivity contribution >= 4 is 11.5 Å². The van der Waals surface area contributed by atoms with Gasteiger partial charge in [-0.1, -0.05) is 26.2 Å². The highest BCUT2D eigenvalue weighted by molar-refractivity contribution is 5.54. The average Bonchev–Trinajstić information content (AvgIpc) is 2.48. The van der Waals surface area contributed by atoms with Crippen LogP contribution in [0.1, 0.15) is 59.3 Å². The van der Waals surface area contributed by atoms with E-state index in [0.717, 1.165) is 18.2 Å². The number of anilines is 2. The van der Waals surface area contributed by atoms with E-state index in [1.165, 1.54) is 32.1 Å². The Morgan fingerprint density at radius 2 is 2.00 bits per heavy atom. The zero-order valence-electron chi connectivity index (χ0n) is 13.6. The van der Waals surface area contributed by atoms with Crippen molar-refractivity contribution in [2.24, 2.45) is 5.92 Å². The molecule has 1 atom stereocenters. The first kappa shape index (κ1) is 15.9. The number of hydrogen-bond acceptors (Lipinski definition) is 4. The lowest BCUT2D eigenvalue weighted by atomic mass is 9.83. The lowest BCUT2D eigenvalue weighted by Gasteiger charge is -2.30. The Morgan fingerprint density at radius 1 is 1.29 bits per heavy atom. The van der Waals surface area contributed by atoms with Gasteiger partial charge in [-0.15, -0.1) is 0 Å². The van der Waals surface area contributed by atoms with Crippen LogP contribution in [-0.4, -0.2) is 17.1 Å². The van der Waals surface area contributed by atoms with Crippen LogP contribution in [0.25, 0.3) is 0 Å². The Kier molecular flexibility index (Phi) is 5.71. The quantitative estimate of drug-likeness (QED) is 0.823. The van der Waals surface area contributed by atoms with E-state index in [1.54, 1.807) is 0 Å². The number of hydrogen-bond donors (Lipinski definition) is 2. The molecule has 4 heteroatoms. The second kappa shape index (κ2) is 7.53. The molecule has 0 bridgehead atoms. The highest BCUT2D eigenvalue weighted by Gasteiger charge is 2.22. The molecular formula is C17H29N3O. The number of nitrogens with one attached hydrogen (secondary N) is 1. The summed E-state index contributed by atoms with van der Waals surface area (Å²) in [4.78, 5) is 4.54. The third kappa shape index (κ3) is 4.51. The SMILES string of the molecule is CCC(Nc1ccc(N)c(OC(C)C)n1)C1CCCCC1. The molecule has 118 valence electrons. The van der Waals surface area contributed by atoms with E-state index in [2.05, 4.69) is 17.2 Å². The highest BCUT2D eigenvalue weighted by atomic mass is 16.5. The molecule has 4 nitrogen and oxygen atoms in total. The van der Waals surface area contributed by atoms with Gasteiger partial charge >= 0.3 is 0 Å². The van der Waals surface area contributed by atoms with Crippen molar-refractivity contribution in [3.63, 3.8) is 0 Å². The molecular weight excluding hydrogens is 262 g/mol. The second-order valence-electron chi connectivity index (χ2n) is 6.31.